The van der Waals surface area contributed by atoms with E-state index in [0.29, 0.717) is 0 Å². The summed E-state index contributed by atoms with van der Waals surface area (Å²) in [5, 5.41) is 3.12. The number of nitrogens with zero attached hydrogens (tertiary/aromatic N) is 1. The molecule has 0 radical (unpaired) electrons. The lowest BCUT2D eigenvalue weighted by Crippen LogP contribution is -1.97. The molecule has 0 saturated carbocycles. The molecule has 0 fully saturated rings. The Morgan fingerprint density at radius 3 is 2.39 bits per heavy atom. The molecule has 0 atom stereocenters. The van der Waals surface area contributed by atoms with Gasteiger partial charge in [0, 0.05) is 10.9 Å². The Bertz CT molecular complexity index is 836. The van der Waals surface area contributed by atoms with E-state index >= 15 is 0 Å². The fourth-order valence-corrected chi connectivity index (χ4v) is 3.74. The fourth-order valence-electron chi connectivity index (χ4n) is 3.02. The summed E-state index contributed by atoms with van der Waals surface area (Å²) < 4.78 is 5.85. The number of unbranched alkanes of at least 4 members (excludes halogenated alkanes) is 5. The number of hydrogen-bond acceptors (Lipinski definition) is 3. The van der Waals surface area contributed by atoms with Crippen LogP contribution in [-0.2, 0) is 0 Å². The Kier molecular flexibility index (Phi) is 8.32. The Morgan fingerprint density at radius 1 is 0.857 bits per heavy atom. The molecule has 1 heterocycles. The quantitative estimate of drug-likeness (QED) is 0.312. The minimum absolute atomic E-state index is 0.808. The van der Waals surface area contributed by atoms with Gasteiger partial charge in [-0.15, -0.1) is 11.3 Å². The molecule has 1 aromatic heterocycles. The van der Waals surface area contributed by atoms with Gasteiger partial charge < -0.3 is 4.74 Å². The molecule has 0 amide bonds. The van der Waals surface area contributed by atoms with Crippen molar-refractivity contribution in [3.05, 3.63) is 70.5 Å². The lowest BCUT2D eigenvalue weighted by molar-refractivity contribution is 0.304. The van der Waals surface area contributed by atoms with Crippen LogP contribution in [0.5, 0.6) is 5.75 Å². The van der Waals surface area contributed by atoms with Gasteiger partial charge in [0.15, 0.2) is 0 Å². The van der Waals surface area contributed by atoms with Crippen molar-refractivity contribution < 1.29 is 4.74 Å². The predicted molar refractivity (Wildman–Crippen MR) is 122 cm³/mol. The van der Waals surface area contributed by atoms with E-state index in [1.807, 2.05) is 30.3 Å². The smallest absolute Gasteiger partial charge is 0.119 e. The van der Waals surface area contributed by atoms with Crippen LogP contribution in [0.25, 0.3) is 23.4 Å². The molecule has 146 valence electrons. The number of aromatic nitrogens is 1. The van der Waals surface area contributed by atoms with Crippen molar-refractivity contribution in [2.75, 3.05) is 6.61 Å². The Labute approximate surface area is 172 Å². The summed E-state index contributed by atoms with van der Waals surface area (Å²) in [6.07, 6.45) is 11.9. The first-order valence-corrected chi connectivity index (χ1v) is 11.1. The van der Waals surface area contributed by atoms with Crippen LogP contribution in [0.2, 0.25) is 0 Å². The molecule has 2 aromatic carbocycles. The third kappa shape index (κ3) is 6.65. The van der Waals surface area contributed by atoms with E-state index in [4.69, 9.17) is 9.72 Å². The van der Waals surface area contributed by atoms with E-state index in [1.54, 1.807) is 11.3 Å². The molecule has 3 rings (SSSR count). The van der Waals surface area contributed by atoms with Gasteiger partial charge in [-0.1, -0.05) is 87.6 Å². The SMILES string of the molecule is CCCCCCCCOc1ccc(/C=C/c2nc(-c3ccccc3)cs2)cc1. The summed E-state index contributed by atoms with van der Waals surface area (Å²) in [5.41, 5.74) is 3.34. The molecule has 3 aromatic rings. The van der Waals surface area contributed by atoms with Gasteiger partial charge in [-0.25, -0.2) is 4.98 Å². The van der Waals surface area contributed by atoms with Gasteiger partial charge in [0.25, 0.3) is 0 Å². The van der Waals surface area contributed by atoms with E-state index in [0.717, 1.165) is 40.6 Å². The average molecular weight is 392 g/mol. The van der Waals surface area contributed by atoms with Crippen molar-refractivity contribution in [2.24, 2.45) is 0 Å². The van der Waals surface area contributed by atoms with Gasteiger partial charge in [-0.05, 0) is 30.2 Å². The first-order chi connectivity index (χ1) is 13.8. The highest BCUT2D eigenvalue weighted by atomic mass is 32.1. The van der Waals surface area contributed by atoms with Crippen molar-refractivity contribution in [2.45, 2.75) is 45.4 Å². The monoisotopic (exact) mass is 391 g/mol. The van der Waals surface area contributed by atoms with Crippen molar-refractivity contribution in [1.82, 2.24) is 4.98 Å². The van der Waals surface area contributed by atoms with E-state index in [9.17, 15) is 0 Å². The van der Waals surface area contributed by atoms with Gasteiger partial charge in [-0.3, -0.25) is 0 Å². The Morgan fingerprint density at radius 2 is 1.61 bits per heavy atom. The Hall–Kier alpha value is -2.39. The summed E-state index contributed by atoms with van der Waals surface area (Å²) in [6.45, 7) is 3.06. The van der Waals surface area contributed by atoms with Crippen LogP contribution in [0.15, 0.2) is 60.0 Å². The van der Waals surface area contributed by atoms with Crippen LogP contribution in [-0.4, -0.2) is 11.6 Å². The molecule has 0 aliphatic heterocycles. The molecular formula is C25H29NOS. The standard InChI is InChI=1S/C25H29NOS/c1-2-3-4-5-6-10-19-27-23-16-13-21(14-17-23)15-18-25-26-24(20-28-25)22-11-8-7-9-12-22/h7-9,11-18,20H,2-6,10,19H2,1H3/b18-15+. The number of thiazole rings is 1. The van der Waals surface area contributed by atoms with Gasteiger partial charge in [0.2, 0.25) is 0 Å². The highest BCUT2D eigenvalue weighted by Crippen LogP contribution is 2.23. The van der Waals surface area contributed by atoms with E-state index < -0.39 is 0 Å². The number of rotatable bonds is 11. The molecule has 0 unspecified atom stereocenters. The summed E-state index contributed by atoms with van der Waals surface area (Å²) in [4.78, 5) is 4.70. The minimum Gasteiger partial charge on any atom is -0.494 e. The van der Waals surface area contributed by atoms with Crippen molar-refractivity contribution in [1.29, 1.82) is 0 Å². The van der Waals surface area contributed by atoms with Gasteiger partial charge in [-0.2, -0.15) is 0 Å². The summed E-state index contributed by atoms with van der Waals surface area (Å²) in [5.74, 6) is 0.950. The second-order valence-corrected chi connectivity index (χ2v) is 7.85. The third-order valence-electron chi connectivity index (χ3n) is 4.66. The number of ether oxygens (including phenoxy) is 1. The predicted octanol–water partition coefficient (Wildman–Crippen LogP) is 7.72. The van der Waals surface area contributed by atoms with Crippen LogP contribution in [0.4, 0.5) is 0 Å². The number of hydrogen-bond donors (Lipinski definition) is 0. The first kappa shape index (κ1) is 20.3. The lowest BCUT2D eigenvalue weighted by Gasteiger charge is -2.06. The van der Waals surface area contributed by atoms with Crippen LogP contribution >= 0.6 is 11.3 Å². The van der Waals surface area contributed by atoms with Crippen LogP contribution < -0.4 is 4.74 Å². The largest absolute Gasteiger partial charge is 0.494 e. The molecule has 0 spiro atoms. The van der Waals surface area contributed by atoms with Gasteiger partial charge >= 0.3 is 0 Å². The topological polar surface area (TPSA) is 22.1 Å². The summed E-state index contributed by atoms with van der Waals surface area (Å²) in [6, 6.07) is 18.6. The van der Waals surface area contributed by atoms with E-state index in [2.05, 4.69) is 48.7 Å². The molecule has 0 saturated heterocycles. The average Bonchev–Trinajstić information content (AvgIpc) is 3.22. The van der Waals surface area contributed by atoms with Gasteiger partial charge in [0.1, 0.15) is 10.8 Å². The minimum atomic E-state index is 0.808. The zero-order valence-corrected chi connectivity index (χ0v) is 17.5. The first-order valence-electron chi connectivity index (χ1n) is 10.3. The molecule has 0 aliphatic carbocycles. The van der Waals surface area contributed by atoms with Crippen LogP contribution in [0.1, 0.15) is 56.0 Å². The molecule has 0 bridgehead atoms. The van der Waals surface area contributed by atoms with Crippen molar-refractivity contribution in [3.8, 4) is 17.0 Å². The molecule has 0 N–H and O–H groups in total. The fraction of sp³-hybridized carbons (Fsp3) is 0.320. The van der Waals surface area contributed by atoms with Crippen molar-refractivity contribution >= 4 is 23.5 Å². The maximum absolute atomic E-state index is 5.85. The number of benzene rings is 2. The molecular weight excluding hydrogens is 362 g/mol. The lowest BCUT2D eigenvalue weighted by atomic mass is 10.1. The Balaban J connectivity index is 1.45. The maximum atomic E-state index is 5.85. The molecule has 2 nitrogen and oxygen atoms in total. The van der Waals surface area contributed by atoms with E-state index in [-0.39, 0.29) is 0 Å². The second kappa shape index (κ2) is 11.5. The third-order valence-corrected chi connectivity index (χ3v) is 5.47. The van der Waals surface area contributed by atoms with Crippen molar-refractivity contribution in [3.63, 3.8) is 0 Å². The zero-order chi connectivity index (χ0) is 19.4. The highest BCUT2D eigenvalue weighted by molar-refractivity contribution is 7.10. The maximum Gasteiger partial charge on any atom is 0.119 e. The summed E-state index contributed by atoms with van der Waals surface area (Å²) in [7, 11) is 0. The van der Waals surface area contributed by atoms with Crippen LogP contribution in [0.3, 0.4) is 0 Å². The summed E-state index contributed by atoms with van der Waals surface area (Å²) >= 11 is 1.66. The highest BCUT2D eigenvalue weighted by Gasteiger charge is 2.01. The van der Waals surface area contributed by atoms with Gasteiger partial charge in [0.05, 0.1) is 12.3 Å². The molecule has 28 heavy (non-hydrogen) atoms. The molecule has 0 aliphatic rings. The normalized spacial score (nSPS) is 11.2. The second-order valence-electron chi connectivity index (χ2n) is 6.96. The van der Waals surface area contributed by atoms with E-state index in [1.165, 1.54) is 32.1 Å². The zero-order valence-electron chi connectivity index (χ0n) is 16.6. The molecule has 3 heteroatoms. The van der Waals surface area contributed by atoms with Crippen LogP contribution in [0, 0.1) is 0 Å².